The number of hydrogen-bond donors (Lipinski definition) is 0. The first kappa shape index (κ1) is 20.3. The summed E-state index contributed by atoms with van der Waals surface area (Å²) in [4.78, 5) is 24.3. The SMILES string of the molecule is COc1ccc(C2CC(c3ccccc3)=NN2C(=O)COc2ccccc2C=O)cc1. The summed E-state index contributed by atoms with van der Waals surface area (Å²) in [6.07, 6.45) is 1.30. The van der Waals surface area contributed by atoms with Crippen molar-refractivity contribution in [2.45, 2.75) is 12.5 Å². The number of rotatable bonds is 7. The van der Waals surface area contributed by atoms with Crippen LogP contribution in [0.1, 0.15) is 33.9 Å². The number of ether oxygens (including phenoxy) is 2. The molecule has 0 fully saturated rings. The van der Waals surface area contributed by atoms with Crippen LogP contribution in [-0.4, -0.2) is 36.6 Å². The van der Waals surface area contributed by atoms with E-state index in [0.29, 0.717) is 24.0 Å². The Hall–Kier alpha value is -3.93. The van der Waals surface area contributed by atoms with E-state index in [4.69, 9.17) is 9.47 Å². The minimum Gasteiger partial charge on any atom is -0.497 e. The first-order valence-electron chi connectivity index (χ1n) is 9.95. The number of benzene rings is 3. The number of carbonyl (C=O) groups excluding carboxylic acids is 2. The fourth-order valence-electron chi connectivity index (χ4n) is 3.55. The van der Waals surface area contributed by atoms with Gasteiger partial charge in [-0.3, -0.25) is 9.59 Å². The number of carbonyl (C=O) groups is 2. The molecule has 1 unspecified atom stereocenters. The molecule has 31 heavy (non-hydrogen) atoms. The lowest BCUT2D eigenvalue weighted by Gasteiger charge is -2.22. The third-order valence-corrected chi connectivity index (χ3v) is 5.17. The van der Waals surface area contributed by atoms with Gasteiger partial charge >= 0.3 is 0 Å². The normalized spacial score (nSPS) is 15.3. The van der Waals surface area contributed by atoms with Gasteiger partial charge in [0.1, 0.15) is 11.5 Å². The maximum absolute atomic E-state index is 13.1. The molecule has 6 heteroatoms. The molecule has 0 radical (unpaired) electrons. The summed E-state index contributed by atoms with van der Waals surface area (Å²) in [5.41, 5.74) is 3.17. The molecule has 0 spiro atoms. The molecule has 0 aliphatic carbocycles. The summed E-state index contributed by atoms with van der Waals surface area (Å²) in [6.45, 7) is -0.219. The summed E-state index contributed by atoms with van der Waals surface area (Å²) in [6, 6.07) is 24.0. The molecule has 1 heterocycles. The molecule has 1 atom stereocenters. The molecule has 1 amide bonds. The average molecular weight is 414 g/mol. The van der Waals surface area contributed by atoms with Gasteiger partial charge in [-0.2, -0.15) is 5.10 Å². The van der Waals surface area contributed by atoms with Crippen molar-refractivity contribution in [2.75, 3.05) is 13.7 Å². The smallest absolute Gasteiger partial charge is 0.281 e. The monoisotopic (exact) mass is 414 g/mol. The second-order valence-corrected chi connectivity index (χ2v) is 7.09. The van der Waals surface area contributed by atoms with Crippen LogP contribution in [-0.2, 0) is 4.79 Å². The van der Waals surface area contributed by atoms with E-state index in [1.165, 1.54) is 5.01 Å². The second kappa shape index (κ2) is 9.26. The van der Waals surface area contributed by atoms with Gasteiger partial charge in [-0.25, -0.2) is 5.01 Å². The van der Waals surface area contributed by atoms with Crippen molar-refractivity contribution in [1.29, 1.82) is 0 Å². The first-order valence-corrected chi connectivity index (χ1v) is 9.95. The lowest BCUT2D eigenvalue weighted by molar-refractivity contribution is -0.135. The third kappa shape index (κ3) is 4.48. The lowest BCUT2D eigenvalue weighted by atomic mass is 9.98. The quantitative estimate of drug-likeness (QED) is 0.542. The van der Waals surface area contributed by atoms with Crippen LogP contribution in [0.4, 0.5) is 0 Å². The van der Waals surface area contributed by atoms with Gasteiger partial charge in [-0.05, 0) is 35.4 Å². The Kier molecular flexibility index (Phi) is 6.08. The maximum atomic E-state index is 13.1. The summed E-state index contributed by atoms with van der Waals surface area (Å²) in [5.74, 6) is 0.836. The number of hydrogen-bond acceptors (Lipinski definition) is 5. The van der Waals surface area contributed by atoms with Crippen LogP contribution in [0.3, 0.4) is 0 Å². The molecule has 156 valence electrons. The molecule has 4 rings (SSSR count). The van der Waals surface area contributed by atoms with Gasteiger partial charge in [0.15, 0.2) is 12.9 Å². The fourth-order valence-corrected chi connectivity index (χ4v) is 3.55. The zero-order valence-electron chi connectivity index (χ0n) is 17.1. The highest BCUT2D eigenvalue weighted by atomic mass is 16.5. The molecule has 6 nitrogen and oxygen atoms in total. The van der Waals surface area contributed by atoms with Gasteiger partial charge < -0.3 is 9.47 Å². The van der Waals surface area contributed by atoms with E-state index in [1.54, 1.807) is 31.4 Å². The van der Waals surface area contributed by atoms with Gasteiger partial charge in [0.25, 0.3) is 5.91 Å². The summed E-state index contributed by atoms with van der Waals surface area (Å²) >= 11 is 0. The van der Waals surface area contributed by atoms with E-state index in [-0.39, 0.29) is 18.6 Å². The molecule has 0 N–H and O–H groups in total. The predicted molar refractivity (Wildman–Crippen MR) is 118 cm³/mol. The third-order valence-electron chi connectivity index (χ3n) is 5.17. The fraction of sp³-hybridized carbons (Fsp3) is 0.160. The number of amides is 1. The van der Waals surface area contributed by atoms with Crippen LogP contribution in [0, 0.1) is 0 Å². The molecule has 3 aromatic carbocycles. The summed E-state index contributed by atoms with van der Waals surface area (Å²) in [5, 5.41) is 6.11. The average Bonchev–Trinajstić information content (AvgIpc) is 3.29. The highest BCUT2D eigenvalue weighted by Gasteiger charge is 2.33. The molecule has 0 bridgehead atoms. The molecular formula is C25H22N2O4. The van der Waals surface area contributed by atoms with Crippen LogP contribution in [0.5, 0.6) is 11.5 Å². The molecule has 0 aromatic heterocycles. The van der Waals surface area contributed by atoms with Gasteiger partial charge in [0.2, 0.25) is 0 Å². The maximum Gasteiger partial charge on any atom is 0.281 e. The van der Waals surface area contributed by atoms with E-state index in [0.717, 1.165) is 22.6 Å². The van der Waals surface area contributed by atoms with Crippen LogP contribution in [0.15, 0.2) is 84.0 Å². The van der Waals surface area contributed by atoms with Crippen molar-refractivity contribution < 1.29 is 19.1 Å². The molecule has 1 aliphatic rings. The Morgan fingerprint density at radius 3 is 2.45 bits per heavy atom. The largest absolute Gasteiger partial charge is 0.497 e. The van der Waals surface area contributed by atoms with Gasteiger partial charge in [0.05, 0.1) is 24.4 Å². The Labute approximate surface area is 180 Å². The van der Waals surface area contributed by atoms with Gasteiger partial charge in [0, 0.05) is 6.42 Å². The van der Waals surface area contributed by atoms with Gasteiger partial charge in [-0.1, -0.05) is 54.6 Å². The standard InChI is InChI=1S/C25H22N2O4/c1-30-21-13-11-19(12-14-21)23-15-22(18-7-3-2-4-8-18)26-27(23)25(29)17-31-24-10-6-5-9-20(24)16-28/h2-14,16,23H,15,17H2,1H3. The number of aldehydes is 1. The Morgan fingerprint density at radius 2 is 1.74 bits per heavy atom. The minimum atomic E-state index is -0.285. The molecular weight excluding hydrogens is 392 g/mol. The van der Waals surface area contributed by atoms with E-state index in [1.807, 2.05) is 54.6 Å². The zero-order chi connectivity index (χ0) is 21.6. The van der Waals surface area contributed by atoms with Crippen LogP contribution in [0.2, 0.25) is 0 Å². The van der Waals surface area contributed by atoms with Crippen LogP contribution in [0.25, 0.3) is 0 Å². The van der Waals surface area contributed by atoms with Gasteiger partial charge in [-0.15, -0.1) is 0 Å². The van der Waals surface area contributed by atoms with E-state index >= 15 is 0 Å². The number of hydrazone groups is 1. The van der Waals surface area contributed by atoms with Crippen molar-refractivity contribution in [2.24, 2.45) is 5.10 Å². The van der Waals surface area contributed by atoms with Crippen molar-refractivity contribution in [1.82, 2.24) is 5.01 Å². The zero-order valence-corrected chi connectivity index (χ0v) is 17.1. The minimum absolute atomic E-state index is 0.219. The predicted octanol–water partition coefficient (Wildman–Crippen LogP) is 4.26. The second-order valence-electron chi connectivity index (χ2n) is 7.09. The summed E-state index contributed by atoms with van der Waals surface area (Å²) < 4.78 is 10.9. The Morgan fingerprint density at radius 1 is 1.03 bits per heavy atom. The Bertz CT molecular complexity index is 1090. The van der Waals surface area contributed by atoms with Crippen molar-refractivity contribution in [3.63, 3.8) is 0 Å². The van der Waals surface area contributed by atoms with E-state index in [9.17, 15) is 9.59 Å². The van der Waals surface area contributed by atoms with Crippen molar-refractivity contribution in [3.8, 4) is 11.5 Å². The lowest BCUT2D eigenvalue weighted by Crippen LogP contribution is -2.31. The Balaban J connectivity index is 1.58. The van der Waals surface area contributed by atoms with Crippen molar-refractivity contribution >= 4 is 17.9 Å². The van der Waals surface area contributed by atoms with E-state index in [2.05, 4.69) is 5.10 Å². The molecule has 0 saturated heterocycles. The van der Waals surface area contributed by atoms with E-state index < -0.39 is 0 Å². The van der Waals surface area contributed by atoms with Crippen LogP contribution >= 0.6 is 0 Å². The topological polar surface area (TPSA) is 68.2 Å². The highest BCUT2D eigenvalue weighted by Crippen LogP contribution is 2.33. The highest BCUT2D eigenvalue weighted by molar-refractivity contribution is 6.03. The summed E-state index contributed by atoms with van der Waals surface area (Å²) in [7, 11) is 1.62. The number of methoxy groups -OCH3 is 1. The number of nitrogens with zero attached hydrogens (tertiary/aromatic N) is 2. The number of para-hydroxylation sites is 1. The first-order chi connectivity index (χ1) is 15.2. The van der Waals surface area contributed by atoms with Crippen LogP contribution < -0.4 is 9.47 Å². The molecule has 1 aliphatic heterocycles. The van der Waals surface area contributed by atoms with Crippen molar-refractivity contribution in [3.05, 3.63) is 95.6 Å². The molecule has 0 saturated carbocycles. The molecule has 3 aromatic rings.